The van der Waals surface area contributed by atoms with Crippen LogP contribution in [-0.4, -0.2) is 15.6 Å². The second kappa shape index (κ2) is 6.07. The fourth-order valence-corrected chi connectivity index (χ4v) is 4.43. The maximum Gasteiger partial charge on any atom is 0.307 e. The molecule has 2 aromatic heterocycles. The van der Waals surface area contributed by atoms with Gasteiger partial charge < -0.3 is 9.67 Å². The summed E-state index contributed by atoms with van der Waals surface area (Å²) in [5.74, 6) is -0.810. The third kappa shape index (κ3) is 2.74. The van der Waals surface area contributed by atoms with Gasteiger partial charge in [-0.25, -0.2) is 0 Å². The summed E-state index contributed by atoms with van der Waals surface area (Å²) >= 11 is 5.22. The Morgan fingerprint density at radius 1 is 1.12 bits per heavy atom. The van der Waals surface area contributed by atoms with Crippen LogP contribution in [0.4, 0.5) is 0 Å². The number of rotatable bonds is 4. The van der Waals surface area contributed by atoms with Gasteiger partial charge in [-0.05, 0) is 46.2 Å². The summed E-state index contributed by atoms with van der Waals surface area (Å²) < 4.78 is 4.38. The van der Waals surface area contributed by atoms with Gasteiger partial charge in [0.05, 0.1) is 6.42 Å². The minimum Gasteiger partial charge on any atom is -0.481 e. The van der Waals surface area contributed by atoms with Crippen LogP contribution in [0.5, 0.6) is 0 Å². The number of aliphatic carboxylic acids is 1. The molecule has 2 heterocycles. The molecule has 0 atom stereocenters. The van der Waals surface area contributed by atoms with E-state index < -0.39 is 5.97 Å². The normalized spacial score (nSPS) is 11.4. The van der Waals surface area contributed by atoms with Gasteiger partial charge in [-0.15, -0.1) is 11.3 Å². The van der Waals surface area contributed by atoms with E-state index in [1.54, 1.807) is 11.3 Å². The Hall–Kier alpha value is -2.11. The molecule has 0 bridgehead atoms. The number of thiophene rings is 1. The highest BCUT2D eigenvalue weighted by Crippen LogP contribution is 2.30. The van der Waals surface area contributed by atoms with Crippen molar-refractivity contribution in [3.05, 3.63) is 69.6 Å². The number of carboxylic acid groups (broad SMARTS) is 1. The van der Waals surface area contributed by atoms with E-state index in [0.29, 0.717) is 0 Å². The van der Waals surface area contributed by atoms with Crippen LogP contribution < -0.4 is 0 Å². The van der Waals surface area contributed by atoms with E-state index in [1.165, 1.54) is 15.6 Å². The van der Waals surface area contributed by atoms with Gasteiger partial charge in [0.15, 0.2) is 0 Å². The van der Waals surface area contributed by atoms with Crippen molar-refractivity contribution in [2.75, 3.05) is 0 Å². The molecule has 0 saturated carbocycles. The quantitative estimate of drug-likeness (QED) is 0.506. The predicted molar refractivity (Wildman–Crippen MR) is 102 cm³/mol. The first-order valence-corrected chi connectivity index (χ1v) is 9.23. The molecule has 5 heteroatoms. The average Bonchev–Trinajstić information content (AvgIpc) is 3.10. The lowest BCUT2D eigenvalue weighted by Crippen LogP contribution is -2.00. The SMILES string of the molecule is O=C(O)Cc1cn(Cc2csc3ccccc23)c2ccc(Br)cc12. The van der Waals surface area contributed by atoms with Gasteiger partial charge >= 0.3 is 5.97 Å². The lowest BCUT2D eigenvalue weighted by molar-refractivity contribution is -0.136. The first-order chi connectivity index (χ1) is 11.6. The fraction of sp³-hybridized carbons (Fsp3) is 0.105. The molecule has 0 aliphatic heterocycles. The summed E-state index contributed by atoms with van der Waals surface area (Å²) in [6.45, 7) is 0.738. The zero-order valence-electron chi connectivity index (χ0n) is 12.7. The van der Waals surface area contributed by atoms with Crippen molar-refractivity contribution in [2.45, 2.75) is 13.0 Å². The van der Waals surface area contributed by atoms with Gasteiger partial charge in [-0.3, -0.25) is 4.79 Å². The van der Waals surface area contributed by atoms with Gasteiger partial charge in [0, 0.05) is 32.8 Å². The van der Waals surface area contributed by atoms with Crippen molar-refractivity contribution < 1.29 is 9.90 Å². The molecule has 0 saturated heterocycles. The minimum absolute atomic E-state index is 0.0321. The number of aromatic nitrogens is 1. The summed E-state index contributed by atoms with van der Waals surface area (Å²) in [4.78, 5) is 11.2. The van der Waals surface area contributed by atoms with E-state index in [4.69, 9.17) is 0 Å². The molecular weight excluding hydrogens is 386 g/mol. The summed E-state index contributed by atoms with van der Waals surface area (Å²) in [6.07, 6.45) is 2.00. The summed E-state index contributed by atoms with van der Waals surface area (Å²) in [5, 5.41) is 13.6. The third-order valence-electron chi connectivity index (χ3n) is 4.17. The lowest BCUT2D eigenvalue weighted by atomic mass is 10.1. The predicted octanol–water partition coefficient (Wildman–Crippen LogP) is 5.29. The van der Waals surface area contributed by atoms with Crippen LogP contribution in [0.25, 0.3) is 21.0 Å². The first kappa shape index (κ1) is 15.4. The number of carbonyl (C=O) groups is 1. The molecule has 0 aliphatic carbocycles. The summed E-state index contributed by atoms with van der Waals surface area (Å²) in [7, 11) is 0. The number of hydrogen-bond donors (Lipinski definition) is 1. The lowest BCUT2D eigenvalue weighted by Gasteiger charge is -2.05. The van der Waals surface area contributed by atoms with E-state index in [-0.39, 0.29) is 6.42 Å². The molecule has 0 aliphatic rings. The zero-order valence-corrected chi connectivity index (χ0v) is 15.1. The third-order valence-corrected chi connectivity index (χ3v) is 5.67. The molecule has 0 spiro atoms. The van der Waals surface area contributed by atoms with Crippen LogP contribution in [0.2, 0.25) is 0 Å². The fourth-order valence-electron chi connectivity index (χ4n) is 3.12. The average molecular weight is 400 g/mol. The highest BCUT2D eigenvalue weighted by atomic mass is 79.9. The van der Waals surface area contributed by atoms with Crippen LogP contribution in [-0.2, 0) is 17.8 Å². The van der Waals surface area contributed by atoms with Crippen molar-refractivity contribution in [3.63, 3.8) is 0 Å². The Labute approximate surface area is 151 Å². The second-order valence-electron chi connectivity index (χ2n) is 5.77. The van der Waals surface area contributed by atoms with Crippen LogP contribution in [0, 0.1) is 0 Å². The smallest absolute Gasteiger partial charge is 0.307 e. The van der Waals surface area contributed by atoms with E-state index in [9.17, 15) is 9.90 Å². The van der Waals surface area contributed by atoms with Crippen LogP contribution in [0.3, 0.4) is 0 Å². The molecule has 0 unspecified atom stereocenters. The number of benzene rings is 2. The van der Waals surface area contributed by atoms with Crippen LogP contribution in [0.15, 0.2) is 58.5 Å². The Kier molecular flexibility index (Phi) is 3.90. The molecule has 4 aromatic rings. The van der Waals surface area contributed by atoms with E-state index in [2.05, 4.69) is 50.1 Å². The number of fused-ring (bicyclic) bond motifs is 2. The summed E-state index contributed by atoms with van der Waals surface area (Å²) in [6, 6.07) is 14.4. The Morgan fingerprint density at radius 2 is 1.96 bits per heavy atom. The van der Waals surface area contributed by atoms with Crippen molar-refractivity contribution in [1.29, 1.82) is 0 Å². The van der Waals surface area contributed by atoms with Gasteiger partial charge in [0.25, 0.3) is 0 Å². The molecule has 0 radical (unpaired) electrons. The van der Waals surface area contributed by atoms with Crippen molar-refractivity contribution in [3.8, 4) is 0 Å². The van der Waals surface area contributed by atoms with E-state index >= 15 is 0 Å². The molecule has 24 heavy (non-hydrogen) atoms. The molecule has 3 nitrogen and oxygen atoms in total. The van der Waals surface area contributed by atoms with Crippen LogP contribution >= 0.6 is 27.3 Å². The molecular formula is C19H14BrNO2S. The van der Waals surface area contributed by atoms with Gasteiger partial charge in [0.1, 0.15) is 0 Å². The van der Waals surface area contributed by atoms with Crippen molar-refractivity contribution in [2.24, 2.45) is 0 Å². The Balaban J connectivity index is 1.83. The molecule has 2 aromatic carbocycles. The summed E-state index contributed by atoms with van der Waals surface area (Å²) in [5.41, 5.74) is 3.17. The number of hydrogen-bond acceptors (Lipinski definition) is 2. The molecule has 0 amide bonds. The molecule has 1 N–H and O–H groups in total. The zero-order chi connectivity index (χ0) is 16.7. The van der Waals surface area contributed by atoms with Crippen molar-refractivity contribution in [1.82, 2.24) is 4.57 Å². The Bertz CT molecular complexity index is 1060. The van der Waals surface area contributed by atoms with Gasteiger partial charge in [0.2, 0.25) is 0 Å². The maximum absolute atomic E-state index is 11.2. The molecule has 4 rings (SSSR count). The molecule has 120 valence electrons. The highest BCUT2D eigenvalue weighted by Gasteiger charge is 2.13. The van der Waals surface area contributed by atoms with Crippen LogP contribution in [0.1, 0.15) is 11.1 Å². The van der Waals surface area contributed by atoms with E-state index in [1.807, 2.05) is 24.4 Å². The minimum atomic E-state index is -0.810. The largest absolute Gasteiger partial charge is 0.481 e. The standard InChI is InChI=1S/C19H14BrNO2S/c20-14-5-6-17-16(8-14)12(7-19(22)23)9-21(17)10-13-11-24-18-4-2-1-3-15(13)18/h1-6,8-9,11H,7,10H2,(H,22,23). The topological polar surface area (TPSA) is 42.2 Å². The van der Waals surface area contributed by atoms with Crippen molar-refractivity contribution >= 4 is 54.2 Å². The van der Waals surface area contributed by atoms with E-state index in [0.717, 1.165) is 27.5 Å². The molecule has 0 fully saturated rings. The van der Waals surface area contributed by atoms with Gasteiger partial charge in [-0.1, -0.05) is 34.1 Å². The number of carboxylic acids is 1. The maximum atomic E-state index is 11.2. The Morgan fingerprint density at radius 3 is 2.79 bits per heavy atom. The number of halogens is 1. The first-order valence-electron chi connectivity index (χ1n) is 7.56. The van der Waals surface area contributed by atoms with Gasteiger partial charge in [-0.2, -0.15) is 0 Å². The highest BCUT2D eigenvalue weighted by molar-refractivity contribution is 9.10. The second-order valence-corrected chi connectivity index (χ2v) is 7.60. The number of nitrogens with zero attached hydrogens (tertiary/aromatic N) is 1. The monoisotopic (exact) mass is 399 g/mol.